The van der Waals surface area contributed by atoms with Crippen molar-refractivity contribution >= 4 is 11.8 Å². The molecule has 0 fully saturated rings. The summed E-state index contributed by atoms with van der Waals surface area (Å²) in [6.45, 7) is 4.21. The Kier molecular flexibility index (Phi) is 3.20. The average molecular weight is 230 g/mol. The maximum absolute atomic E-state index is 9.20. The summed E-state index contributed by atoms with van der Waals surface area (Å²) in [5.41, 5.74) is 2.56. The summed E-state index contributed by atoms with van der Waals surface area (Å²) in [5, 5.41) is 9.20. The van der Waals surface area contributed by atoms with Gasteiger partial charge in [-0.3, -0.25) is 0 Å². The molecule has 2 heteroatoms. The summed E-state index contributed by atoms with van der Waals surface area (Å²) < 4.78 is 0. The highest BCUT2D eigenvalue weighted by molar-refractivity contribution is 7.99. The molecule has 0 unspecified atom stereocenters. The van der Waals surface area contributed by atoms with Gasteiger partial charge < -0.3 is 5.11 Å². The largest absolute Gasteiger partial charge is 0.508 e. The van der Waals surface area contributed by atoms with Gasteiger partial charge in [-0.15, -0.1) is 0 Å². The summed E-state index contributed by atoms with van der Waals surface area (Å²) in [6, 6.07) is 13.8. The quantitative estimate of drug-likeness (QED) is 0.836. The number of hydrogen-bond acceptors (Lipinski definition) is 2. The molecule has 0 aliphatic carbocycles. The fourth-order valence-electron chi connectivity index (χ4n) is 1.64. The average Bonchev–Trinajstić information content (AvgIpc) is 2.20. The molecule has 0 amide bonds. The van der Waals surface area contributed by atoms with Crippen LogP contribution in [-0.4, -0.2) is 5.11 Å². The van der Waals surface area contributed by atoms with Crippen LogP contribution in [-0.2, 0) is 0 Å². The van der Waals surface area contributed by atoms with Gasteiger partial charge in [0, 0.05) is 9.79 Å². The maximum atomic E-state index is 9.20. The van der Waals surface area contributed by atoms with Crippen molar-refractivity contribution in [3.05, 3.63) is 53.6 Å². The number of rotatable bonds is 2. The van der Waals surface area contributed by atoms with Crippen LogP contribution >= 0.6 is 11.8 Å². The predicted octanol–water partition coefficient (Wildman–Crippen LogP) is 4.16. The van der Waals surface area contributed by atoms with E-state index in [2.05, 4.69) is 32.0 Å². The molecule has 0 spiro atoms. The van der Waals surface area contributed by atoms with Gasteiger partial charge in [0.25, 0.3) is 0 Å². The zero-order valence-corrected chi connectivity index (χ0v) is 10.2. The van der Waals surface area contributed by atoms with Gasteiger partial charge in [0.15, 0.2) is 0 Å². The van der Waals surface area contributed by atoms with Gasteiger partial charge in [-0.25, -0.2) is 0 Å². The molecule has 2 aromatic carbocycles. The van der Waals surface area contributed by atoms with Crippen LogP contribution in [0.3, 0.4) is 0 Å². The molecule has 0 radical (unpaired) electrons. The SMILES string of the molecule is Cc1cc(C)cc(Sc2ccc(O)cc2)c1. The number of phenols is 1. The minimum absolute atomic E-state index is 0.310. The third-order valence-electron chi connectivity index (χ3n) is 2.27. The lowest BCUT2D eigenvalue weighted by molar-refractivity contribution is 0.475. The fourth-order valence-corrected chi connectivity index (χ4v) is 2.68. The number of aromatic hydroxyl groups is 1. The second-order valence-corrected chi connectivity index (χ2v) is 5.07. The van der Waals surface area contributed by atoms with Crippen LogP contribution in [0.15, 0.2) is 52.3 Å². The monoisotopic (exact) mass is 230 g/mol. The number of phenolic OH excluding ortho intramolecular Hbond substituents is 1. The highest BCUT2D eigenvalue weighted by Crippen LogP contribution is 2.29. The molecule has 0 atom stereocenters. The minimum Gasteiger partial charge on any atom is -0.508 e. The van der Waals surface area contributed by atoms with Crippen molar-refractivity contribution in [2.45, 2.75) is 23.6 Å². The van der Waals surface area contributed by atoms with Gasteiger partial charge in [0.2, 0.25) is 0 Å². The van der Waals surface area contributed by atoms with Crippen LogP contribution in [0.1, 0.15) is 11.1 Å². The highest BCUT2D eigenvalue weighted by Gasteiger charge is 1.99. The summed E-state index contributed by atoms with van der Waals surface area (Å²) in [4.78, 5) is 2.38. The molecule has 2 aromatic rings. The molecule has 0 aliphatic heterocycles. The summed E-state index contributed by atoms with van der Waals surface area (Å²) in [6.07, 6.45) is 0. The molecule has 1 N–H and O–H groups in total. The van der Waals surface area contributed by atoms with Gasteiger partial charge in [-0.1, -0.05) is 17.8 Å². The first-order valence-electron chi connectivity index (χ1n) is 5.19. The van der Waals surface area contributed by atoms with Gasteiger partial charge >= 0.3 is 0 Å². The molecule has 0 heterocycles. The van der Waals surface area contributed by atoms with Crippen LogP contribution in [0, 0.1) is 13.8 Å². The zero-order valence-electron chi connectivity index (χ0n) is 9.40. The topological polar surface area (TPSA) is 20.2 Å². The van der Waals surface area contributed by atoms with Gasteiger partial charge in [-0.2, -0.15) is 0 Å². The molecule has 1 nitrogen and oxygen atoms in total. The Morgan fingerprint density at radius 2 is 1.38 bits per heavy atom. The zero-order chi connectivity index (χ0) is 11.5. The summed E-state index contributed by atoms with van der Waals surface area (Å²) in [7, 11) is 0. The molecule has 0 aromatic heterocycles. The van der Waals surface area contributed by atoms with Gasteiger partial charge in [0.1, 0.15) is 5.75 Å². The van der Waals surface area contributed by atoms with Crippen LogP contribution < -0.4 is 0 Å². The summed E-state index contributed by atoms with van der Waals surface area (Å²) >= 11 is 1.71. The molecule has 2 rings (SSSR count). The maximum Gasteiger partial charge on any atom is 0.115 e. The minimum atomic E-state index is 0.310. The smallest absolute Gasteiger partial charge is 0.115 e. The fraction of sp³-hybridized carbons (Fsp3) is 0.143. The molecule has 82 valence electrons. The Labute approximate surface area is 100 Å². The van der Waals surface area contributed by atoms with E-state index in [1.165, 1.54) is 16.0 Å². The number of hydrogen-bond donors (Lipinski definition) is 1. The van der Waals surface area contributed by atoms with E-state index in [9.17, 15) is 5.11 Å². The van der Waals surface area contributed by atoms with Crippen molar-refractivity contribution in [1.29, 1.82) is 0 Å². The lowest BCUT2D eigenvalue weighted by Crippen LogP contribution is -1.79. The van der Waals surface area contributed by atoms with E-state index in [1.54, 1.807) is 23.9 Å². The van der Waals surface area contributed by atoms with Crippen LogP contribution in [0.4, 0.5) is 0 Å². The molecule has 0 bridgehead atoms. The molecular weight excluding hydrogens is 216 g/mol. The lowest BCUT2D eigenvalue weighted by atomic mass is 10.2. The molecule has 16 heavy (non-hydrogen) atoms. The standard InChI is InChI=1S/C14H14OS/c1-10-7-11(2)9-14(8-10)16-13-5-3-12(15)4-6-13/h3-9,15H,1-2H3. The third-order valence-corrected chi connectivity index (χ3v) is 3.25. The number of aryl methyl sites for hydroxylation is 2. The predicted molar refractivity (Wildman–Crippen MR) is 68.1 cm³/mol. The van der Waals surface area contributed by atoms with E-state index in [0.29, 0.717) is 5.75 Å². The van der Waals surface area contributed by atoms with Crippen LogP contribution in [0.25, 0.3) is 0 Å². The molecule has 0 saturated carbocycles. The van der Waals surface area contributed by atoms with Crippen molar-refractivity contribution < 1.29 is 5.11 Å². The highest BCUT2D eigenvalue weighted by atomic mass is 32.2. The van der Waals surface area contributed by atoms with Crippen molar-refractivity contribution in [2.75, 3.05) is 0 Å². The second-order valence-electron chi connectivity index (χ2n) is 3.92. The molecule has 0 saturated heterocycles. The Balaban J connectivity index is 2.23. The van der Waals surface area contributed by atoms with Crippen molar-refractivity contribution in [1.82, 2.24) is 0 Å². The Morgan fingerprint density at radius 1 is 0.812 bits per heavy atom. The third kappa shape index (κ3) is 2.80. The van der Waals surface area contributed by atoms with Crippen molar-refractivity contribution in [2.24, 2.45) is 0 Å². The van der Waals surface area contributed by atoms with E-state index in [4.69, 9.17) is 0 Å². The normalized spacial score (nSPS) is 10.4. The Bertz CT molecular complexity index is 468. The summed E-state index contributed by atoms with van der Waals surface area (Å²) in [5.74, 6) is 0.310. The van der Waals surface area contributed by atoms with Crippen molar-refractivity contribution in [3.8, 4) is 5.75 Å². The van der Waals surface area contributed by atoms with Gasteiger partial charge in [0.05, 0.1) is 0 Å². The lowest BCUT2D eigenvalue weighted by Gasteiger charge is -2.04. The first-order chi connectivity index (χ1) is 7.63. The Morgan fingerprint density at radius 3 is 1.94 bits per heavy atom. The van der Waals surface area contributed by atoms with E-state index >= 15 is 0 Å². The Hall–Kier alpha value is -1.41. The van der Waals surface area contributed by atoms with E-state index < -0.39 is 0 Å². The van der Waals surface area contributed by atoms with E-state index in [-0.39, 0.29) is 0 Å². The second kappa shape index (κ2) is 4.62. The van der Waals surface area contributed by atoms with Gasteiger partial charge in [-0.05, 0) is 61.4 Å². The van der Waals surface area contributed by atoms with Crippen LogP contribution in [0.2, 0.25) is 0 Å². The van der Waals surface area contributed by atoms with E-state index in [0.717, 1.165) is 4.90 Å². The number of benzene rings is 2. The van der Waals surface area contributed by atoms with Crippen molar-refractivity contribution in [3.63, 3.8) is 0 Å². The van der Waals surface area contributed by atoms with Crippen LogP contribution in [0.5, 0.6) is 5.75 Å². The molecule has 0 aliphatic rings. The first kappa shape index (κ1) is 11.1. The first-order valence-corrected chi connectivity index (χ1v) is 6.00. The molecular formula is C14H14OS. The van der Waals surface area contributed by atoms with E-state index in [1.807, 2.05) is 12.1 Å².